The summed E-state index contributed by atoms with van der Waals surface area (Å²) >= 11 is 3.39. The first-order valence-corrected chi connectivity index (χ1v) is 11.1. The van der Waals surface area contributed by atoms with Crippen LogP contribution in [0.2, 0.25) is 0 Å². The van der Waals surface area contributed by atoms with Crippen molar-refractivity contribution in [2.45, 2.75) is 6.92 Å². The molecule has 4 rings (SSSR count). The van der Waals surface area contributed by atoms with Gasteiger partial charge in [-0.05, 0) is 73.2 Å². The van der Waals surface area contributed by atoms with Crippen LogP contribution in [0.1, 0.15) is 37.7 Å². The normalized spacial score (nSPS) is 10.9. The molecular weight excluding hydrogens is 478 g/mol. The molecule has 0 aliphatic carbocycles. The first-order valence-electron chi connectivity index (χ1n) is 10.3. The molecule has 2 aromatic carbocycles. The summed E-state index contributed by atoms with van der Waals surface area (Å²) < 4.78 is 8.10. The quantitative estimate of drug-likeness (QED) is 0.175. The Kier molecular flexibility index (Phi) is 6.58. The molecule has 0 aliphatic rings. The highest BCUT2D eigenvalue weighted by Gasteiger charge is 2.20. The van der Waals surface area contributed by atoms with Gasteiger partial charge in [0.2, 0.25) is 5.78 Å². The fraction of sp³-hybridized carbons (Fsp3) is 0.0714. The van der Waals surface area contributed by atoms with Crippen molar-refractivity contribution in [1.29, 1.82) is 0 Å². The summed E-state index contributed by atoms with van der Waals surface area (Å²) in [5.41, 5.74) is 3.91. The fourth-order valence-corrected chi connectivity index (χ4v) is 3.86. The number of hydrogen-bond acceptors (Lipinski definition) is 3. The summed E-state index contributed by atoms with van der Waals surface area (Å²) in [7, 11) is 0. The number of ether oxygens (including phenoxy) is 1. The number of rotatable bonds is 7. The molecule has 4 aromatic rings. The van der Waals surface area contributed by atoms with Gasteiger partial charge in [0.05, 0.1) is 11.2 Å². The second-order valence-corrected chi connectivity index (χ2v) is 8.34. The van der Waals surface area contributed by atoms with Crippen molar-refractivity contribution < 1.29 is 14.3 Å². The van der Waals surface area contributed by atoms with Gasteiger partial charge in [-0.3, -0.25) is 9.59 Å². The van der Waals surface area contributed by atoms with Crippen LogP contribution in [0.4, 0.5) is 0 Å². The first-order chi connectivity index (χ1) is 16.0. The Morgan fingerprint density at radius 3 is 2.48 bits per heavy atom. The van der Waals surface area contributed by atoms with Gasteiger partial charge in [-0.1, -0.05) is 46.1 Å². The first kappa shape index (κ1) is 22.3. The van der Waals surface area contributed by atoms with Crippen molar-refractivity contribution in [2.75, 3.05) is 6.61 Å². The van der Waals surface area contributed by atoms with Gasteiger partial charge in [0.15, 0.2) is 5.78 Å². The summed E-state index contributed by atoms with van der Waals surface area (Å²) in [4.78, 5) is 26.4. The smallest absolute Gasteiger partial charge is 0.209 e. The molecule has 0 N–H and O–H groups in total. The number of fused-ring (bicyclic) bond motifs is 1. The van der Waals surface area contributed by atoms with E-state index in [0.717, 1.165) is 15.7 Å². The zero-order chi connectivity index (χ0) is 23.4. The molecule has 0 bridgehead atoms. The molecule has 0 unspecified atom stereocenters. The van der Waals surface area contributed by atoms with E-state index in [-0.39, 0.29) is 18.2 Å². The fourth-order valence-electron chi connectivity index (χ4n) is 3.60. The van der Waals surface area contributed by atoms with E-state index in [4.69, 9.17) is 11.2 Å². The van der Waals surface area contributed by atoms with Crippen LogP contribution in [0.5, 0.6) is 5.75 Å². The van der Waals surface area contributed by atoms with Crippen LogP contribution in [0.3, 0.4) is 0 Å². The molecule has 0 radical (unpaired) electrons. The second kappa shape index (κ2) is 9.72. The number of carbonyl (C=O) groups is 2. The maximum Gasteiger partial charge on any atom is 0.209 e. The van der Waals surface area contributed by atoms with Crippen LogP contribution in [0.25, 0.3) is 11.6 Å². The topological polar surface area (TPSA) is 47.8 Å². The van der Waals surface area contributed by atoms with E-state index in [9.17, 15) is 9.59 Å². The largest absolute Gasteiger partial charge is 0.481 e. The number of nitrogens with zero attached hydrogens (tertiary/aromatic N) is 1. The van der Waals surface area contributed by atoms with Crippen LogP contribution < -0.4 is 4.74 Å². The number of terminal acetylenes is 1. The van der Waals surface area contributed by atoms with E-state index < -0.39 is 0 Å². The van der Waals surface area contributed by atoms with E-state index in [1.54, 1.807) is 36.4 Å². The molecule has 0 spiro atoms. The van der Waals surface area contributed by atoms with Crippen LogP contribution >= 0.6 is 15.9 Å². The maximum atomic E-state index is 13.3. The molecule has 0 aliphatic heterocycles. The summed E-state index contributed by atoms with van der Waals surface area (Å²) in [5, 5.41) is 0. The molecule has 2 heterocycles. The van der Waals surface area contributed by atoms with E-state index in [0.29, 0.717) is 28.1 Å². The van der Waals surface area contributed by atoms with Gasteiger partial charge < -0.3 is 9.14 Å². The highest BCUT2D eigenvalue weighted by atomic mass is 79.9. The van der Waals surface area contributed by atoms with Gasteiger partial charge in [0.25, 0.3) is 0 Å². The van der Waals surface area contributed by atoms with E-state index in [1.165, 1.54) is 6.08 Å². The SMILES string of the molecule is C#CCOc1ccc(/C=C/C(=O)c2cc(C(=O)c3ccc(Br)cc3)n3c(C)cccc23)cc1. The van der Waals surface area contributed by atoms with E-state index in [1.807, 2.05) is 53.8 Å². The highest BCUT2D eigenvalue weighted by Crippen LogP contribution is 2.24. The molecule has 33 heavy (non-hydrogen) atoms. The number of halogens is 1. The van der Waals surface area contributed by atoms with Crippen molar-refractivity contribution in [2.24, 2.45) is 0 Å². The maximum absolute atomic E-state index is 13.3. The van der Waals surface area contributed by atoms with Crippen LogP contribution in [-0.4, -0.2) is 22.6 Å². The van der Waals surface area contributed by atoms with Crippen molar-refractivity contribution in [3.8, 4) is 18.1 Å². The number of aryl methyl sites for hydroxylation is 1. The van der Waals surface area contributed by atoms with Gasteiger partial charge in [-0.25, -0.2) is 0 Å². The zero-order valence-electron chi connectivity index (χ0n) is 17.9. The third-order valence-electron chi connectivity index (χ3n) is 5.22. The number of allylic oxidation sites excluding steroid dienone is 1. The molecule has 162 valence electrons. The lowest BCUT2D eigenvalue weighted by Crippen LogP contribution is -2.06. The summed E-state index contributed by atoms with van der Waals surface area (Å²) in [6, 6.07) is 21.8. The Morgan fingerprint density at radius 2 is 1.79 bits per heavy atom. The molecule has 0 amide bonds. The second-order valence-electron chi connectivity index (χ2n) is 7.43. The van der Waals surface area contributed by atoms with Gasteiger partial charge in [-0.2, -0.15) is 0 Å². The van der Waals surface area contributed by atoms with Crippen molar-refractivity contribution >= 4 is 39.1 Å². The predicted molar refractivity (Wildman–Crippen MR) is 134 cm³/mol. The summed E-state index contributed by atoms with van der Waals surface area (Å²) in [6.07, 6.45) is 8.46. The molecule has 5 heteroatoms. The van der Waals surface area contributed by atoms with Crippen LogP contribution in [0.15, 0.2) is 83.3 Å². The Hall–Kier alpha value is -3.88. The Labute approximate surface area is 200 Å². The molecular formula is C28H20BrNO3. The molecule has 0 saturated heterocycles. The summed E-state index contributed by atoms with van der Waals surface area (Å²) in [5.74, 6) is 2.77. The van der Waals surface area contributed by atoms with Gasteiger partial charge in [0, 0.05) is 21.3 Å². The number of benzene rings is 2. The molecule has 0 saturated carbocycles. The number of aromatic nitrogens is 1. The van der Waals surface area contributed by atoms with Crippen LogP contribution in [-0.2, 0) is 0 Å². The number of hydrogen-bond donors (Lipinski definition) is 0. The monoisotopic (exact) mass is 497 g/mol. The van der Waals surface area contributed by atoms with Crippen molar-refractivity contribution in [1.82, 2.24) is 4.40 Å². The third kappa shape index (κ3) is 4.82. The predicted octanol–water partition coefficient (Wildman–Crippen LogP) is 6.15. The molecule has 0 fully saturated rings. The Morgan fingerprint density at radius 1 is 1.06 bits per heavy atom. The summed E-state index contributed by atoms with van der Waals surface area (Å²) in [6.45, 7) is 2.12. The van der Waals surface area contributed by atoms with Gasteiger partial charge >= 0.3 is 0 Å². The van der Waals surface area contributed by atoms with Crippen LogP contribution in [0, 0.1) is 19.3 Å². The van der Waals surface area contributed by atoms with Crippen molar-refractivity contribution in [3.05, 3.63) is 111 Å². The lowest BCUT2D eigenvalue weighted by atomic mass is 10.1. The zero-order valence-corrected chi connectivity index (χ0v) is 19.5. The third-order valence-corrected chi connectivity index (χ3v) is 5.75. The molecule has 0 atom stereocenters. The standard InChI is InChI=1S/C28H20BrNO3/c1-3-17-33-23-14-7-20(8-15-23)9-16-27(31)24-18-26(30-19(2)5-4-6-25(24)30)28(32)21-10-12-22(29)13-11-21/h1,4-16,18H,17H2,2H3/b16-9+. The Bertz CT molecular complexity index is 1400. The lowest BCUT2D eigenvalue weighted by Gasteiger charge is -2.06. The highest BCUT2D eigenvalue weighted by molar-refractivity contribution is 9.10. The minimum Gasteiger partial charge on any atom is -0.481 e. The average Bonchev–Trinajstić information content (AvgIpc) is 3.23. The van der Waals surface area contributed by atoms with E-state index >= 15 is 0 Å². The number of pyridine rings is 1. The lowest BCUT2D eigenvalue weighted by molar-refractivity contribution is 0.103. The number of carbonyl (C=O) groups excluding carboxylic acids is 2. The minimum atomic E-state index is -0.180. The molecule has 2 aromatic heterocycles. The van der Waals surface area contributed by atoms with Crippen molar-refractivity contribution in [3.63, 3.8) is 0 Å². The van der Waals surface area contributed by atoms with Gasteiger partial charge in [0.1, 0.15) is 12.4 Å². The van der Waals surface area contributed by atoms with E-state index in [2.05, 4.69) is 21.9 Å². The molecule has 4 nitrogen and oxygen atoms in total. The number of ketones is 2. The minimum absolute atomic E-state index is 0.141. The van der Waals surface area contributed by atoms with Gasteiger partial charge in [-0.15, -0.1) is 6.42 Å². The Balaban J connectivity index is 1.66. The average molecular weight is 498 g/mol.